The van der Waals surface area contributed by atoms with Crippen LogP contribution in [0.1, 0.15) is 31.3 Å². The van der Waals surface area contributed by atoms with E-state index in [0.29, 0.717) is 5.56 Å². The van der Waals surface area contributed by atoms with Crippen molar-refractivity contribution in [3.05, 3.63) is 38.0 Å². The highest BCUT2D eigenvalue weighted by atomic mass is 32.1. The van der Waals surface area contributed by atoms with Gasteiger partial charge in [-0.2, -0.15) is 5.10 Å². The van der Waals surface area contributed by atoms with Gasteiger partial charge in [0.1, 0.15) is 28.3 Å². The molecule has 1 amide bonds. The number of hydrogen-bond acceptors (Lipinski definition) is 9. The van der Waals surface area contributed by atoms with Gasteiger partial charge in [-0.3, -0.25) is 19.6 Å². The van der Waals surface area contributed by atoms with Crippen LogP contribution in [0.15, 0.2) is 6.20 Å². The second kappa shape index (κ2) is 7.95. The summed E-state index contributed by atoms with van der Waals surface area (Å²) in [5.41, 5.74) is 0.360. The van der Waals surface area contributed by atoms with Crippen molar-refractivity contribution in [1.29, 1.82) is 0 Å². The number of hydrogen-bond donors (Lipinski definition) is 1. The van der Waals surface area contributed by atoms with Crippen molar-refractivity contribution < 1.29 is 28.8 Å². The van der Waals surface area contributed by atoms with E-state index in [4.69, 9.17) is 4.74 Å². The van der Waals surface area contributed by atoms with Gasteiger partial charge in [-0.15, -0.1) is 11.3 Å². The number of ether oxygens (including phenoxy) is 2. The van der Waals surface area contributed by atoms with Crippen molar-refractivity contribution in [1.82, 2.24) is 9.78 Å². The number of methoxy groups -OCH3 is 2. The Bertz CT molecular complexity index is 931. The summed E-state index contributed by atoms with van der Waals surface area (Å²) < 4.78 is 10.5. The minimum absolute atomic E-state index is 0.0411. The van der Waals surface area contributed by atoms with Crippen LogP contribution in [-0.2, 0) is 20.8 Å². The average Bonchev–Trinajstić information content (AvgIpc) is 3.14. The molecule has 2 heterocycles. The lowest BCUT2D eigenvalue weighted by atomic mass is 10.1. The quantitative estimate of drug-likeness (QED) is 0.441. The molecule has 0 unspecified atom stereocenters. The first-order valence-electron chi connectivity index (χ1n) is 7.47. The Morgan fingerprint density at radius 2 is 1.89 bits per heavy atom. The van der Waals surface area contributed by atoms with Crippen molar-refractivity contribution in [3.63, 3.8) is 0 Å². The maximum absolute atomic E-state index is 12.3. The fraction of sp³-hybridized carbons (Fsp3) is 0.333. The van der Waals surface area contributed by atoms with Gasteiger partial charge in [0.2, 0.25) is 5.91 Å². The van der Waals surface area contributed by atoms with Gasteiger partial charge in [0, 0.05) is 0 Å². The molecule has 12 heteroatoms. The summed E-state index contributed by atoms with van der Waals surface area (Å²) in [6.45, 7) is 2.68. The molecule has 0 aromatic carbocycles. The number of esters is 2. The zero-order valence-corrected chi connectivity index (χ0v) is 15.7. The third kappa shape index (κ3) is 3.95. The topological polar surface area (TPSA) is 143 Å². The Kier molecular flexibility index (Phi) is 5.90. The molecule has 0 spiro atoms. The van der Waals surface area contributed by atoms with Gasteiger partial charge >= 0.3 is 17.6 Å². The average molecular weight is 396 g/mol. The first-order chi connectivity index (χ1) is 12.7. The van der Waals surface area contributed by atoms with Gasteiger partial charge in [-0.05, 0) is 19.4 Å². The van der Waals surface area contributed by atoms with Crippen molar-refractivity contribution in [2.45, 2.75) is 20.4 Å². The summed E-state index contributed by atoms with van der Waals surface area (Å²) in [6, 6.07) is 0. The number of nitro groups is 1. The van der Waals surface area contributed by atoms with Crippen LogP contribution in [0.25, 0.3) is 0 Å². The van der Waals surface area contributed by atoms with E-state index in [2.05, 4.69) is 15.2 Å². The monoisotopic (exact) mass is 396 g/mol. The molecule has 0 saturated heterocycles. The Morgan fingerprint density at radius 1 is 1.26 bits per heavy atom. The van der Waals surface area contributed by atoms with E-state index >= 15 is 0 Å². The van der Waals surface area contributed by atoms with Crippen molar-refractivity contribution in [2.24, 2.45) is 0 Å². The number of carbonyl (C=O) groups is 3. The van der Waals surface area contributed by atoms with Crippen LogP contribution >= 0.6 is 11.3 Å². The van der Waals surface area contributed by atoms with E-state index in [1.807, 2.05) is 0 Å². The first-order valence-corrected chi connectivity index (χ1v) is 8.29. The number of thiophene rings is 1. The predicted molar refractivity (Wildman–Crippen MR) is 94.0 cm³/mol. The maximum atomic E-state index is 12.3. The number of aromatic nitrogens is 2. The summed E-state index contributed by atoms with van der Waals surface area (Å²) in [7, 11) is 2.38. The highest BCUT2D eigenvalue weighted by molar-refractivity contribution is 7.18. The van der Waals surface area contributed by atoms with E-state index in [1.54, 1.807) is 0 Å². The van der Waals surface area contributed by atoms with Crippen molar-refractivity contribution >= 4 is 39.9 Å². The highest BCUT2D eigenvalue weighted by Gasteiger charge is 2.27. The second-order valence-electron chi connectivity index (χ2n) is 5.32. The number of carbonyl (C=O) groups excluding carboxylic acids is 3. The van der Waals surface area contributed by atoms with Gasteiger partial charge in [0.15, 0.2) is 0 Å². The molecule has 0 aliphatic heterocycles. The van der Waals surface area contributed by atoms with Crippen molar-refractivity contribution in [3.8, 4) is 0 Å². The highest BCUT2D eigenvalue weighted by Crippen LogP contribution is 2.34. The fourth-order valence-corrected chi connectivity index (χ4v) is 3.44. The van der Waals surface area contributed by atoms with Crippen molar-refractivity contribution in [2.75, 3.05) is 19.5 Å². The SMILES string of the molecule is COC(=O)c1sc(NC(=O)Cn2ncc([N+](=O)[O-])c2C)c(C(=O)OC)c1C. The molecule has 0 atom stereocenters. The van der Waals surface area contributed by atoms with Gasteiger partial charge in [-0.25, -0.2) is 9.59 Å². The third-order valence-corrected chi connectivity index (χ3v) is 4.91. The summed E-state index contributed by atoms with van der Waals surface area (Å²) in [6.07, 6.45) is 1.05. The van der Waals surface area contributed by atoms with Gasteiger partial charge in [0.05, 0.1) is 24.7 Å². The molecule has 144 valence electrons. The maximum Gasteiger partial charge on any atom is 0.348 e. The fourth-order valence-electron chi connectivity index (χ4n) is 2.31. The second-order valence-corrected chi connectivity index (χ2v) is 6.34. The molecule has 11 nitrogen and oxygen atoms in total. The lowest BCUT2D eigenvalue weighted by Crippen LogP contribution is -2.21. The third-order valence-electron chi connectivity index (χ3n) is 3.73. The van der Waals surface area contributed by atoms with Crippen LogP contribution in [0.2, 0.25) is 0 Å². The minimum Gasteiger partial charge on any atom is -0.465 e. The molecular weight excluding hydrogens is 380 g/mol. The molecule has 0 aliphatic carbocycles. The zero-order valence-electron chi connectivity index (χ0n) is 14.9. The summed E-state index contributed by atoms with van der Waals surface area (Å²) in [4.78, 5) is 46.6. The van der Waals surface area contributed by atoms with Crippen LogP contribution in [0, 0.1) is 24.0 Å². The molecule has 0 bridgehead atoms. The van der Waals surface area contributed by atoms with E-state index in [1.165, 1.54) is 28.1 Å². The molecule has 0 saturated carbocycles. The van der Waals surface area contributed by atoms with E-state index in [-0.39, 0.29) is 33.4 Å². The largest absolute Gasteiger partial charge is 0.465 e. The molecule has 2 rings (SSSR count). The lowest BCUT2D eigenvalue weighted by Gasteiger charge is -2.07. The van der Waals surface area contributed by atoms with Crippen LogP contribution in [-0.4, -0.2) is 46.8 Å². The number of amides is 1. The Labute approximate surface area is 157 Å². The first kappa shape index (κ1) is 20.0. The summed E-state index contributed by atoms with van der Waals surface area (Å²) >= 11 is 0.870. The molecule has 1 N–H and O–H groups in total. The zero-order chi connectivity index (χ0) is 20.3. The molecule has 2 aromatic heterocycles. The smallest absolute Gasteiger partial charge is 0.348 e. The van der Waals surface area contributed by atoms with Crippen LogP contribution in [0.5, 0.6) is 0 Å². The Morgan fingerprint density at radius 3 is 2.41 bits per heavy atom. The van der Waals surface area contributed by atoms with Crippen LogP contribution < -0.4 is 5.32 Å². The normalized spacial score (nSPS) is 10.4. The van der Waals surface area contributed by atoms with Gasteiger partial charge < -0.3 is 14.8 Å². The standard InChI is InChI=1S/C15H16N4O7S/c1-7-11(14(21)25-3)13(27-12(7)15(22)26-4)17-10(20)6-18-8(2)9(5-16-18)19(23)24/h5H,6H2,1-4H3,(H,17,20). The molecule has 27 heavy (non-hydrogen) atoms. The van der Waals surface area contributed by atoms with E-state index in [0.717, 1.165) is 22.2 Å². The molecular formula is C15H16N4O7S. The van der Waals surface area contributed by atoms with Gasteiger partial charge in [0.25, 0.3) is 0 Å². The lowest BCUT2D eigenvalue weighted by molar-refractivity contribution is -0.385. The molecule has 0 radical (unpaired) electrons. The minimum atomic E-state index is -0.722. The van der Waals surface area contributed by atoms with E-state index in [9.17, 15) is 24.5 Å². The Balaban J connectivity index is 2.30. The number of rotatable bonds is 6. The molecule has 0 aliphatic rings. The van der Waals surface area contributed by atoms with E-state index < -0.39 is 22.8 Å². The van der Waals surface area contributed by atoms with Crippen LogP contribution in [0.3, 0.4) is 0 Å². The Hall–Kier alpha value is -3.28. The predicted octanol–water partition coefficient (Wildman–Crippen LogP) is 1.68. The summed E-state index contributed by atoms with van der Waals surface area (Å²) in [5.74, 6) is -1.96. The number of nitrogens with zero attached hydrogens (tertiary/aromatic N) is 3. The summed E-state index contributed by atoms with van der Waals surface area (Å²) in [5, 5.41) is 17.3. The van der Waals surface area contributed by atoms with Gasteiger partial charge in [-0.1, -0.05) is 0 Å². The molecule has 0 fully saturated rings. The number of anilines is 1. The number of nitrogens with one attached hydrogen (secondary N) is 1. The molecule has 2 aromatic rings. The van der Waals surface area contributed by atoms with Crippen LogP contribution in [0.4, 0.5) is 10.7 Å².